The molecule has 9 heteroatoms. The topological polar surface area (TPSA) is 69.7 Å². The molecule has 2 amide bonds. The highest BCUT2D eigenvalue weighted by atomic mass is 32.2. The number of carbonyl (C=O) groups excluding carboxylic acids is 1. The number of nitrogens with zero attached hydrogens (tertiary/aromatic N) is 2. The lowest BCUT2D eigenvalue weighted by molar-refractivity contribution is 0.157. The van der Waals surface area contributed by atoms with Gasteiger partial charge in [-0.1, -0.05) is 0 Å². The van der Waals surface area contributed by atoms with Crippen LogP contribution in [0.1, 0.15) is 25.8 Å². The maximum atomic E-state index is 14.1. The van der Waals surface area contributed by atoms with Gasteiger partial charge < -0.3 is 10.2 Å². The fraction of sp³-hybridized carbons (Fsp3) is 0.562. The van der Waals surface area contributed by atoms with E-state index in [4.69, 9.17) is 0 Å². The molecule has 2 aliphatic heterocycles. The van der Waals surface area contributed by atoms with Crippen LogP contribution in [0, 0.1) is 18.6 Å². The van der Waals surface area contributed by atoms with Crippen molar-refractivity contribution >= 4 is 16.1 Å². The molecule has 1 aromatic carbocycles. The second-order valence-corrected chi connectivity index (χ2v) is 8.71. The van der Waals surface area contributed by atoms with Crippen LogP contribution >= 0.6 is 0 Å². The number of hydrogen-bond acceptors (Lipinski definition) is 3. The average Bonchev–Trinajstić information content (AvgIpc) is 2.85. The van der Waals surface area contributed by atoms with E-state index in [-0.39, 0.29) is 42.8 Å². The second kappa shape index (κ2) is 6.21. The van der Waals surface area contributed by atoms with Crippen molar-refractivity contribution in [2.75, 3.05) is 13.1 Å². The molecular formula is C16H21F2N3O3S. The number of benzene rings is 1. The molecule has 2 heterocycles. The standard InChI is InChI=1S/C16H21F2N3O3S/c1-9(2)21-14-4-5-20(8-13(14)19-16(21)22)25(23,24)15-6-10(3)11(17)7-12(15)18/h6-7,9,13-14H,4-5,8H2,1-3H3,(H,19,22)/t13-,14+/m1/s1. The van der Waals surface area contributed by atoms with Crippen molar-refractivity contribution in [1.82, 2.24) is 14.5 Å². The molecule has 6 nitrogen and oxygen atoms in total. The molecule has 0 saturated carbocycles. The molecule has 1 N–H and O–H groups in total. The monoisotopic (exact) mass is 373 g/mol. The van der Waals surface area contributed by atoms with E-state index in [1.165, 1.54) is 6.92 Å². The molecule has 3 rings (SSSR count). The Morgan fingerprint density at radius 3 is 2.56 bits per heavy atom. The number of nitrogens with one attached hydrogen (secondary N) is 1. The van der Waals surface area contributed by atoms with E-state index in [2.05, 4.69) is 5.32 Å². The summed E-state index contributed by atoms with van der Waals surface area (Å²) in [5.41, 5.74) is 0.0648. The van der Waals surface area contributed by atoms with Gasteiger partial charge in [0.15, 0.2) is 0 Å². The van der Waals surface area contributed by atoms with Gasteiger partial charge in [0.05, 0.1) is 12.1 Å². The number of aryl methyl sites for hydroxylation is 1. The van der Waals surface area contributed by atoms with E-state index in [1.807, 2.05) is 13.8 Å². The minimum atomic E-state index is -4.10. The lowest BCUT2D eigenvalue weighted by Gasteiger charge is -2.37. The van der Waals surface area contributed by atoms with E-state index in [1.54, 1.807) is 4.90 Å². The molecule has 0 spiro atoms. The van der Waals surface area contributed by atoms with E-state index in [0.717, 1.165) is 10.4 Å². The summed E-state index contributed by atoms with van der Waals surface area (Å²) in [6, 6.07) is 0.970. The summed E-state index contributed by atoms with van der Waals surface area (Å²) >= 11 is 0. The molecular weight excluding hydrogens is 352 g/mol. The molecule has 0 aliphatic carbocycles. The van der Waals surface area contributed by atoms with Gasteiger partial charge in [-0.2, -0.15) is 4.31 Å². The van der Waals surface area contributed by atoms with Crippen LogP contribution in [-0.2, 0) is 10.0 Å². The second-order valence-electron chi connectivity index (χ2n) is 6.81. The number of piperidine rings is 1. The number of rotatable bonds is 3. The average molecular weight is 373 g/mol. The van der Waals surface area contributed by atoms with E-state index >= 15 is 0 Å². The molecule has 2 saturated heterocycles. The molecule has 2 atom stereocenters. The number of urea groups is 1. The van der Waals surface area contributed by atoms with Crippen molar-refractivity contribution in [3.8, 4) is 0 Å². The maximum Gasteiger partial charge on any atom is 0.318 e. The number of carbonyl (C=O) groups is 1. The lowest BCUT2D eigenvalue weighted by Crippen LogP contribution is -2.53. The number of fused-ring (bicyclic) bond motifs is 1. The first kappa shape index (κ1) is 18.1. The lowest BCUT2D eigenvalue weighted by atomic mass is 10.0. The Morgan fingerprint density at radius 2 is 1.92 bits per heavy atom. The van der Waals surface area contributed by atoms with Crippen LogP contribution in [0.15, 0.2) is 17.0 Å². The van der Waals surface area contributed by atoms with Gasteiger partial charge in [0.25, 0.3) is 0 Å². The Bertz CT molecular complexity index is 813. The third-order valence-electron chi connectivity index (χ3n) is 4.83. The highest BCUT2D eigenvalue weighted by Gasteiger charge is 2.46. The Hall–Kier alpha value is -1.74. The molecule has 1 aromatic rings. The zero-order chi connectivity index (χ0) is 18.5. The van der Waals surface area contributed by atoms with Crippen LogP contribution in [0.25, 0.3) is 0 Å². The fourth-order valence-electron chi connectivity index (χ4n) is 3.57. The van der Waals surface area contributed by atoms with Gasteiger partial charge in [0, 0.05) is 25.2 Å². The van der Waals surface area contributed by atoms with E-state index < -0.39 is 26.6 Å². The van der Waals surface area contributed by atoms with Gasteiger partial charge >= 0.3 is 6.03 Å². The summed E-state index contributed by atoms with van der Waals surface area (Å²) in [7, 11) is -4.10. The van der Waals surface area contributed by atoms with E-state index in [0.29, 0.717) is 12.5 Å². The third-order valence-corrected chi connectivity index (χ3v) is 6.71. The zero-order valence-electron chi connectivity index (χ0n) is 14.3. The number of sulfonamides is 1. The molecule has 0 bridgehead atoms. The van der Waals surface area contributed by atoms with Crippen molar-refractivity contribution in [2.45, 2.75) is 50.2 Å². The normalized spacial score (nSPS) is 24.6. The summed E-state index contributed by atoms with van der Waals surface area (Å²) < 4.78 is 54.2. The fourth-order valence-corrected chi connectivity index (χ4v) is 5.18. The van der Waals surface area contributed by atoms with Crippen LogP contribution in [0.3, 0.4) is 0 Å². The predicted octanol–water partition coefficient (Wildman–Crippen LogP) is 1.84. The largest absolute Gasteiger partial charge is 0.332 e. The van der Waals surface area contributed by atoms with Gasteiger partial charge in [-0.05, 0) is 38.8 Å². The molecule has 25 heavy (non-hydrogen) atoms. The maximum absolute atomic E-state index is 14.1. The summed E-state index contributed by atoms with van der Waals surface area (Å²) in [6.45, 7) is 5.44. The van der Waals surface area contributed by atoms with Crippen LogP contribution in [0.4, 0.5) is 13.6 Å². The van der Waals surface area contributed by atoms with Crippen LogP contribution in [-0.4, -0.2) is 54.9 Å². The van der Waals surface area contributed by atoms with E-state index in [9.17, 15) is 22.0 Å². The van der Waals surface area contributed by atoms with Gasteiger partial charge in [-0.3, -0.25) is 0 Å². The van der Waals surface area contributed by atoms with Gasteiger partial charge in [0.2, 0.25) is 10.0 Å². The highest BCUT2D eigenvalue weighted by molar-refractivity contribution is 7.89. The van der Waals surface area contributed by atoms with Crippen molar-refractivity contribution in [3.05, 3.63) is 29.3 Å². The third kappa shape index (κ3) is 2.99. The summed E-state index contributed by atoms with van der Waals surface area (Å²) in [5.74, 6) is -1.89. The Kier molecular flexibility index (Phi) is 4.48. The number of amides is 2. The first-order valence-corrected chi connectivity index (χ1v) is 9.61. The minimum Gasteiger partial charge on any atom is -0.332 e. The van der Waals surface area contributed by atoms with Crippen LogP contribution in [0.2, 0.25) is 0 Å². The van der Waals surface area contributed by atoms with Crippen LogP contribution in [0.5, 0.6) is 0 Å². The molecule has 138 valence electrons. The van der Waals surface area contributed by atoms with Gasteiger partial charge in [-0.25, -0.2) is 22.0 Å². The Balaban J connectivity index is 1.87. The summed E-state index contributed by atoms with van der Waals surface area (Å²) in [4.78, 5) is 13.3. The summed E-state index contributed by atoms with van der Waals surface area (Å²) in [5, 5.41) is 2.80. The Labute approximate surface area is 145 Å². The molecule has 0 radical (unpaired) electrons. The molecule has 2 fully saturated rings. The highest BCUT2D eigenvalue weighted by Crippen LogP contribution is 2.29. The number of hydrogen-bond donors (Lipinski definition) is 1. The summed E-state index contributed by atoms with van der Waals surface area (Å²) in [6.07, 6.45) is 0.461. The minimum absolute atomic E-state index is 0.00958. The van der Waals surface area contributed by atoms with Gasteiger partial charge in [0.1, 0.15) is 16.5 Å². The quantitative estimate of drug-likeness (QED) is 0.879. The molecule has 0 aromatic heterocycles. The SMILES string of the molecule is Cc1cc(S(=O)(=O)N2CC[C@H]3[C@@H](C2)NC(=O)N3C(C)C)c(F)cc1F. The zero-order valence-corrected chi connectivity index (χ0v) is 15.1. The Morgan fingerprint density at radius 1 is 1.24 bits per heavy atom. The van der Waals surface area contributed by atoms with Crippen LogP contribution < -0.4 is 5.32 Å². The van der Waals surface area contributed by atoms with Crippen molar-refractivity contribution < 1.29 is 22.0 Å². The smallest absolute Gasteiger partial charge is 0.318 e. The number of halogens is 2. The molecule has 0 unspecified atom stereocenters. The van der Waals surface area contributed by atoms with Crippen molar-refractivity contribution in [1.29, 1.82) is 0 Å². The first-order valence-electron chi connectivity index (χ1n) is 8.17. The van der Waals surface area contributed by atoms with Gasteiger partial charge in [-0.15, -0.1) is 0 Å². The first-order chi connectivity index (χ1) is 11.6. The van der Waals surface area contributed by atoms with Crippen molar-refractivity contribution in [2.24, 2.45) is 0 Å². The predicted molar refractivity (Wildman–Crippen MR) is 87.6 cm³/mol. The molecule has 2 aliphatic rings. The van der Waals surface area contributed by atoms with Crippen molar-refractivity contribution in [3.63, 3.8) is 0 Å².